The number of carbonyl (C=O) groups excluding carboxylic acids is 4. The molecule has 0 fully saturated rings. The van der Waals surface area contributed by atoms with E-state index in [0.717, 1.165) is 108 Å². The summed E-state index contributed by atoms with van der Waals surface area (Å²) in [5.74, 6) is 0.192. The molecule has 0 aliphatic carbocycles. The van der Waals surface area contributed by atoms with Crippen molar-refractivity contribution < 1.29 is 80.2 Å². The lowest BCUT2D eigenvalue weighted by atomic mass is 9.99. The first-order valence-corrected chi connectivity index (χ1v) is 41.4. The van der Waals surface area contributed by atoms with Crippen molar-refractivity contribution in [1.29, 1.82) is 0 Å². The number of esters is 4. The van der Waals surface area contributed by atoms with E-state index in [1.807, 2.05) is 0 Å². The van der Waals surface area contributed by atoms with Gasteiger partial charge in [-0.3, -0.25) is 37.3 Å². The van der Waals surface area contributed by atoms with Gasteiger partial charge in [0.15, 0.2) is 12.2 Å². The quantitative estimate of drug-likeness (QED) is 0.0222. The Balaban J connectivity index is 5.16. The summed E-state index contributed by atoms with van der Waals surface area (Å²) in [4.78, 5) is 72.6. The van der Waals surface area contributed by atoms with Gasteiger partial charge in [0.25, 0.3) is 0 Å². The van der Waals surface area contributed by atoms with Crippen molar-refractivity contribution in [3.8, 4) is 0 Å². The van der Waals surface area contributed by atoms with Crippen LogP contribution < -0.4 is 0 Å². The summed E-state index contributed by atoms with van der Waals surface area (Å²) in [7, 11) is -9.90. The van der Waals surface area contributed by atoms with Gasteiger partial charge in [0.05, 0.1) is 26.4 Å². The van der Waals surface area contributed by atoms with Crippen molar-refractivity contribution >= 4 is 39.5 Å². The lowest BCUT2D eigenvalue weighted by Gasteiger charge is -2.21. The van der Waals surface area contributed by atoms with Crippen LogP contribution in [0, 0.1) is 17.8 Å². The van der Waals surface area contributed by atoms with Gasteiger partial charge in [-0.25, -0.2) is 9.13 Å². The maximum atomic E-state index is 13.0. The minimum absolute atomic E-state index is 0.103. The van der Waals surface area contributed by atoms with E-state index in [9.17, 15) is 43.2 Å². The Hall–Kier alpha value is -1.94. The van der Waals surface area contributed by atoms with Crippen LogP contribution in [0.25, 0.3) is 0 Å². The highest BCUT2D eigenvalue weighted by molar-refractivity contribution is 7.47. The van der Waals surface area contributed by atoms with Gasteiger partial charge in [-0.15, -0.1) is 0 Å². The van der Waals surface area contributed by atoms with Crippen LogP contribution >= 0.6 is 15.6 Å². The lowest BCUT2D eigenvalue weighted by Crippen LogP contribution is -2.30. The van der Waals surface area contributed by atoms with E-state index in [4.69, 9.17) is 37.0 Å². The summed E-state index contributed by atoms with van der Waals surface area (Å²) < 4.78 is 68.3. The minimum atomic E-state index is -4.95. The van der Waals surface area contributed by atoms with Crippen molar-refractivity contribution in [3.63, 3.8) is 0 Å². The Morgan fingerprint density at radius 2 is 0.548 bits per heavy atom. The van der Waals surface area contributed by atoms with Gasteiger partial charge in [0.1, 0.15) is 19.3 Å². The van der Waals surface area contributed by atoms with Crippen molar-refractivity contribution in [2.75, 3.05) is 39.6 Å². The zero-order chi connectivity index (χ0) is 68.7. The first-order valence-electron chi connectivity index (χ1n) is 38.4. The van der Waals surface area contributed by atoms with Crippen LogP contribution in [0.1, 0.15) is 376 Å². The van der Waals surface area contributed by atoms with Gasteiger partial charge in [0.2, 0.25) is 0 Å². The van der Waals surface area contributed by atoms with Gasteiger partial charge >= 0.3 is 39.5 Å². The van der Waals surface area contributed by atoms with Crippen molar-refractivity contribution in [3.05, 3.63) is 0 Å². The molecule has 552 valence electrons. The van der Waals surface area contributed by atoms with Crippen molar-refractivity contribution in [2.45, 2.75) is 394 Å². The number of hydrogen-bond acceptors (Lipinski definition) is 15. The van der Waals surface area contributed by atoms with Gasteiger partial charge in [-0.2, -0.15) is 0 Å². The second-order valence-electron chi connectivity index (χ2n) is 27.6. The predicted octanol–water partition coefficient (Wildman–Crippen LogP) is 21.4. The molecule has 0 rings (SSSR count). The number of phosphoric acid groups is 2. The van der Waals surface area contributed by atoms with E-state index in [1.165, 1.54) is 186 Å². The number of rotatable bonds is 72. The third kappa shape index (κ3) is 65.8. The molecule has 93 heavy (non-hydrogen) atoms. The molecule has 0 aliphatic rings. The molecule has 0 saturated carbocycles. The summed E-state index contributed by atoms with van der Waals surface area (Å²) in [6.07, 6.45) is 50.1. The number of ether oxygens (including phenoxy) is 4. The van der Waals surface area contributed by atoms with E-state index >= 15 is 0 Å². The van der Waals surface area contributed by atoms with E-state index in [2.05, 4.69) is 48.5 Å². The second-order valence-corrected chi connectivity index (χ2v) is 30.6. The molecule has 0 aromatic rings. The van der Waals surface area contributed by atoms with E-state index in [-0.39, 0.29) is 25.7 Å². The average molecular weight is 1370 g/mol. The van der Waals surface area contributed by atoms with Crippen LogP contribution in [0.4, 0.5) is 0 Å². The van der Waals surface area contributed by atoms with Crippen LogP contribution in [0.5, 0.6) is 0 Å². The van der Waals surface area contributed by atoms with Crippen molar-refractivity contribution in [2.24, 2.45) is 17.8 Å². The maximum absolute atomic E-state index is 13.0. The highest BCUT2D eigenvalue weighted by atomic mass is 31.2. The first-order chi connectivity index (χ1) is 44.8. The summed E-state index contributed by atoms with van der Waals surface area (Å²) in [5, 5.41) is 10.6. The molecule has 3 N–H and O–H groups in total. The number of aliphatic hydroxyl groups excluding tert-OH is 1. The molecule has 19 heteroatoms. The van der Waals surface area contributed by atoms with Crippen LogP contribution in [-0.4, -0.2) is 96.7 Å². The molecule has 0 amide bonds. The molecule has 0 spiro atoms. The van der Waals surface area contributed by atoms with Crippen LogP contribution in [0.2, 0.25) is 0 Å². The standard InChI is InChI=1S/C74H144O17P2/c1-8-11-12-13-14-15-27-33-41-48-55-71(76)84-62-70(91-74(79)58-51-44-37-36-40-47-54-67(7)10-3)64-89-93(82,83)87-60-68(75)59-86-92(80,81)88-63-69(61-85-72(77)56-49-42-34-30-29-31-38-45-52-65(4)5)90-73(78)57-50-43-35-28-25-23-21-19-17-16-18-20-22-24-26-32-39-46-53-66(6)9-2/h65-70,75H,8-64H2,1-7H3,(H,80,81)(H,82,83)/t66?,67?,68-,69-,70-/m1/s1. The average Bonchev–Trinajstić information content (AvgIpc) is 3.24. The molecule has 0 heterocycles. The summed E-state index contributed by atoms with van der Waals surface area (Å²) >= 11 is 0. The fourth-order valence-corrected chi connectivity index (χ4v) is 12.8. The van der Waals surface area contributed by atoms with Crippen LogP contribution in [-0.2, 0) is 65.4 Å². The SMILES string of the molecule is CCCCCCCCCCCCC(=O)OC[C@H](COP(=O)(O)OC[C@H](O)COP(=O)(O)OC[C@@H](COC(=O)CCCCCCCCCCC(C)C)OC(=O)CCCCCCCCCCCCCCCCCCCCC(C)CC)OC(=O)CCCCCCCCC(C)CC. The molecule has 0 saturated heterocycles. The van der Waals surface area contributed by atoms with Gasteiger partial charge in [0, 0.05) is 25.7 Å². The highest BCUT2D eigenvalue weighted by Gasteiger charge is 2.30. The fourth-order valence-electron chi connectivity index (χ4n) is 11.2. The molecule has 0 radical (unpaired) electrons. The third-order valence-corrected chi connectivity index (χ3v) is 19.8. The topological polar surface area (TPSA) is 237 Å². The zero-order valence-electron chi connectivity index (χ0n) is 60.7. The molecule has 17 nitrogen and oxygen atoms in total. The first kappa shape index (κ1) is 91.1. The van der Waals surface area contributed by atoms with Gasteiger partial charge in [-0.05, 0) is 43.4 Å². The zero-order valence-corrected chi connectivity index (χ0v) is 62.5. The Morgan fingerprint density at radius 1 is 0.312 bits per heavy atom. The number of carbonyl (C=O) groups is 4. The largest absolute Gasteiger partial charge is 0.472 e. The van der Waals surface area contributed by atoms with Crippen LogP contribution in [0.15, 0.2) is 0 Å². The molecule has 0 aromatic heterocycles. The summed E-state index contributed by atoms with van der Waals surface area (Å²) in [6, 6.07) is 0. The highest BCUT2D eigenvalue weighted by Crippen LogP contribution is 2.45. The van der Waals surface area contributed by atoms with E-state index in [0.29, 0.717) is 25.7 Å². The third-order valence-electron chi connectivity index (χ3n) is 17.9. The smallest absolute Gasteiger partial charge is 0.462 e. The Morgan fingerprint density at radius 3 is 0.817 bits per heavy atom. The monoisotopic (exact) mass is 1370 g/mol. The molecule has 0 aromatic carbocycles. The lowest BCUT2D eigenvalue weighted by molar-refractivity contribution is -0.161. The van der Waals surface area contributed by atoms with Gasteiger partial charge in [-0.1, -0.05) is 325 Å². The number of phosphoric ester groups is 2. The molecule has 0 aliphatic heterocycles. The Bertz CT molecular complexity index is 1820. The molecule has 4 unspecified atom stereocenters. The summed E-state index contributed by atoms with van der Waals surface area (Å²) in [6.45, 7) is 11.9. The molecule has 0 bridgehead atoms. The normalized spacial score (nSPS) is 14.7. The van der Waals surface area contributed by atoms with E-state index < -0.39 is 97.5 Å². The molecule has 7 atom stereocenters. The second kappa shape index (κ2) is 64.7. The predicted molar refractivity (Wildman–Crippen MR) is 377 cm³/mol. The maximum Gasteiger partial charge on any atom is 0.472 e. The molecular weight excluding hydrogens is 1220 g/mol. The van der Waals surface area contributed by atoms with Crippen molar-refractivity contribution in [1.82, 2.24) is 0 Å². The Labute approximate surface area is 568 Å². The summed E-state index contributed by atoms with van der Waals surface area (Å²) in [5.41, 5.74) is 0. The van der Waals surface area contributed by atoms with Gasteiger partial charge < -0.3 is 33.8 Å². The Kier molecular flexibility index (Phi) is 63.4. The number of unbranched alkanes of at least 4 members (excludes halogenated alkanes) is 38. The van der Waals surface area contributed by atoms with Crippen LogP contribution in [0.3, 0.4) is 0 Å². The fraction of sp³-hybridized carbons (Fsp3) is 0.946. The molecular formula is C74H144O17P2. The minimum Gasteiger partial charge on any atom is -0.462 e. The number of aliphatic hydroxyl groups is 1. The number of hydrogen-bond donors (Lipinski definition) is 3. The van der Waals surface area contributed by atoms with E-state index in [1.54, 1.807) is 0 Å².